The van der Waals surface area contributed by atoms with E-state index < -0.39 is 0 Å². The Labute approximate surface area is 114 Å². The molecule has 0 saturated heterocycles. The van der Waals surface area contributed by atoms with Gasteiger partial charge in [-0.3, -0.25) is 0 Å². The Bertz CT molecular complexity index is 488. The third kappa shape index (κ3) is 3.21. The van der Waals surface area contributed by atoms with Crippen molar-refractivity contribution in [1.29, 1.82) is 0 Å². The third-order valence-corrected chi connectivity index (χ3v) is 4.32. The quantitative estimate of drug-likeness (QED) is 0.846. The zero-order valence-electron chi connectivity index (χ0n) is 11.4. The first kappa shape index (κ1) is 13.3. The van der Waals surface area contributed by atoms with E-state index in [1.807, 2.05) is 7.05 Å². The fourth-order valence-electron chi connectivity index (χ4n) is 2.20. The molecular weight excluding hydrogens is 238 g/mol. The van der Waals surface area contributed by atoms with Crippen LogP contribution in [-0.2, 0) is 6.42 Å². The third-order valence-electron chi connectivity index (χ3n) is 3.58. The van der Waals surface area contributed by atoms with Crippen molar-refractivity contribution in [2.24, 2.45) is 0 Å². The van der Waals surface area contributed by atoms with Gasteiger partial charge in [-0.15, -0.1) is 0 Å². The monoisotopic (exact) mass is 259 g/mol. The van der Waals surface area contributed by atoms with Crippen LogP contribution in [0.2, 0.25) is 0 Å². The van der Waals surface area contributed by atoms with Crippen molar-refractivity contribution in [3.05, 3.63) is 57.3 Å². The molecule has 0 spiro atoms. The van der Waals surface area contributed by atoms with E-state index in [4.69, 9.17) is 0 Å². The Balaban J connectivity index is 2.05. The fourth-order valence-corrected chi connectivity index (χ4v) is 2.91. The van der Waals surface area contributed by atoms with Crippen molar-refractivity contribution in [2.45, 2.75) is 32.7 Å². The van der Waals surface area contributed by atoms with E-state index in [1.54, 1.807) is 11.3 Å². The van der Waals surface area contributed by atoms with Gasteiger partial charge in [0.15, 0.2) is 0 Å². The molecule has 2 rings (SSSR count). The first-order valence-electron chi connectivity index (χ1n) is 6.46. The molecule has 0 amide bonds. The number of nitrogens with one attached hydrogen (secondary N) is 1. The maximum Gasteiger partial charge on any atom is 0.0320 e. The van der Waals surface area contributed by atoms with Crippen molar-refractivity contribution in [3.8, 4) is 0 Å². The van der Waals surface area contributed by atoms with Gasteiger partial charge in [0.1, 0.15) is 0 Å². The smallest absolute Gasteiger partial charge is 0.0320 e. The van der Waals surface area contributed by atoms with Gasteiger partial charge in [-0.25, -0.2) is 0 Å². The number of hydrogen-bond donors (Lipinski definition) is 1. The largest absolute Gasteiger partial charge is 0.313 e. The van der Waals surface area contributed by atoms with Crippen LogP contribution in [0.25, 0.3) is 0 Å². The molecule has 2 heteroatoms. The van der Waals surface area contributed by atoms with Crippen molar-refractivity contribution < 1.29 is 0 Å². The topological polar surface area (TPSA) is 12.0 Å². The number of aryl methyl sites for hydroxylation is 3. The summed E-state index contributed by atoms with van der Waals surface area (Å²) >= 11 is 1.78. The lowest BCUT2D eigenvalue weighted by molar-refractivity contribution is 0.549. The number of rotatable bonds is 5. The average molecular weight is 259 g/mol. The van der Waals surface area contributed by atoms with Gasteiger partial charge in [-0.05, 0) is 72.8 Å². The number of benzene rings is 1. The Morgan fingerprint density at radius 1 is 1.17 bits per heavy atom. The van der Waals surface area contributed by atoms with Gasteiger partial charge in [0.25, 0.3) is 0 Å². The molecule has 1 nitrogen and oxygen atoms in total. The highest BCUT2D eigenvalue weighted by Crippen LogP contribution is 2.22. The van der Waals surface area contributed by atoms with E-state index in [-0.39, 0.29) is 0 Å². The zero-order valence-corrected chi connectivity index (χ0v) is 12.2. The fraction of sp³-hybridized carbons (Fsp3) is 0.375. The lowest BCUT2D eigenvalue weighted by Gasteiger charge is -2.17. The molecule has 1 atom stereocenters. The molecule has 0 aliphatic rings. The molecule has 18 heavy (non-hydrogen) atoms. The van der Waals surface area contributed by atoms with E-state index in [2.05, 4.69) is 54.2 Å². The van der Waals surface area contributed by atoms with Gasteiger partial charge < -0.3 is 5.32 Å². The minimum absolute atomic E-state index is 0.448. The van der Waals surface area contributed by atoms with Crippen LogP contribution in [0.3, 0.4) is 0 Å². The summed E-state index contributed by atoms with van der Waals surface area (Å²) < 4.78 is 0. The molecule has 0 fully saturated rings. The lowest BCUT2D eigenvalue weighted by atomic mass is 9.97. The van der Waals surface area contributed by atoms with Crippen LogP contribution in [0.15, 0.2) is 35.0 Å². The van der Waals surface area contributed by atoms with Crippen molar-refractivity contribution >= 4 is 11.3 Å². The first-order chi connectivity index (χ1) is 8.70. The van der Waals surface area contributed by atoms with Gasteiger partial charge in [-0.2, -0.15) is 11.3 Å². The molecule has 2 aromatic rings. The summed E-state index contributed by atoms with van der Waals surface area (Å²) in [4.78, 5) is 0. The summed E-state index contributed by atoms with van der Waals surface area (Å²) in [5, 5.41) is 7.83. The second-order valence-corrected chi connectivity index (χ2v) is 5.64. The summed E-state index contributed by atoms with van der Waals surface area (Å²) in [5.74, 6) is 0. The van der Waals surface area contributed by atoms with Crippen LogP contribution in [0.5, 0.6) is 0 Å². The molecule has 0 aliphatic heterocycles. The van der Waals surface area contributed by atoms with Gasteiger partial charge in [0.2, 0.25) is 0 Å². The molecule has 1 unspecified atom stereocenters. The van der Waals surface area contributed by atoms with Crippen molar-refractivity contribution in [2.75, 3.05) is 7.05 Å². The van der Waals surface area contributed by atoms with E-state index in [0.717, 1.165) is 12.8 Å². The molecule has 1 heterocycles. The normalized spacial score (nSPS) is 12.6. The summed E-state index contributed by atoms with van der Waals surface area (Å²) in [6, 6.07) is 9.45. The minimum Gasteiger partial charge on any atom is -0.313 e. The lowest BCUT2D eigenvalue weighted by Crippen LogP contribution is -2.17. The molecule has 96 valence electrons. The molecule has 1 aromatic carbocycles. The average Bonchev–Trinajstić information content (AvgIpc) is 2.87. The second-order valence-electron chi connectivity index (χ2n) is 4.86. The molecule has 0 aliphatic carbocycles. The summed E-state index contributed by atoms with van der Waals surface area (Å²) in [7, 11) is 2.05. The molecule has 1 aromatic heterocycles. The number of thiophene rings is 1. The highest BCUT2D eigenvalue weighted by Gasteiger charge is 2.10. The molecule has 0 saturated carbocycles. The molecule has 0 bridgehead atoms. The van der Waals surface area contributed by atoms with Gasteiger partial charge >= 0.3 is 0 Å². The van der Waals surface area contributed by atoms with Crippen LogP contribution < -0.4 is 5.32 Å². The van der Waals surface area contributed by atoms with Crippen molar-refractivity contribution in [3.63, 3.8) is 0 Å². The van der Waals surface area contributed by atoms with Crippen LogP contribution in [0.4, 0.5) is 0 Å². The van der Waals surface area contributed by atoms with Gasteiger partial charge in [0.05, 0.1) is 0 Å². The number of hydrogen-bond acceptors (Lipinski definition) is 2. The predicted octanol–water partition coefficient (Wildman–Crippen LogP) is 4.26. The molecule has 0 radical (unpaired) electrons. The SMILES string of the molecule is CNC(CCc1ccsc1)c1ccc(C)c(C)c1. The van der Waals surface area contributed by atoms with E-state index in [0.29, 0.717) is 6.04 Å². The summed E-state index contributed by atoms with van der Waals surface area (Å²) in [6.07, 6.45) is 2.29. The molecular formula is C16H21NS. The van der Waals surface area contributed by atoms with Crippen LogP contribution in [0, 0.1) is 13.8 Å². The first-order valence-corrected chi connectivity index (χ1v) is 7.40. The van der Waals surface area contributed by atoms with Crippen LogP contribution in [-0.4, -0.2) is 7.05 Å². The Morgan fingerprint density at radius 3 is 2.61 bits per heavy atom. The van der Waals surface area contributed by atoms with E-state index in [9.17, 15) is 0 Å². The van der Waals surface area contributed by atoms with E-state index in [1.165, 1.54) is 22.3 Å². The highest BCUT2D eigenvalue weighted by atomic mass is 32.1. The summed E-state index contributed by atoms with van der Waals surface area (Å²) in [5.41, 5.74) is 5.59. The summed E-state index contributed by atoms with van der Waals surface area (Å²) in [6.45, 7) is 4.35. The van der Waals surface area contributed by atoms with Crippen molar-refractivity contribution in [1.82, 2.24) is 5.32 Å². The second kappa shape index (κ2) is 6.17. The van der Waals surface area contributed by atoms with E-state index >= 15 is 0 Å². The van der Waals surface area contributed by atoms with Crippen LogP contribution >= 0.6 is 11.3 Å². The Morgan fingerprint density at radius 2 is 2.00 bits per heavy atom. The minimum atomic E-state index is 0.448. The maximum absolute atomic E-state index is 3.43. The van der Waals surface area contributed by atoms with Gasteiger partial charge in [-0.1, -0.05) is 18.2 Å². The van der Waals surface area contributed by atoms with Crippen LogP contribution in [0.1, 0.15) is 34.7 Å². The van der Waals surface area contributed by atoms with Gasteiger partial charge in [0, 0.05) is 6.04 Å². The zero-order chi connectivity index (χ0) is 13.0. The Hall–Kier alpha value is -1.12. The predicted molar refractivity (Wildman–Crippen MR) is 80.4 cm³/mol. The maximum atomic E-state index is 3.43. The Kier molecular flexibility index (Phi) is 4.56. The standard InChI is InChI=1S/C16H21NS/c1-12-4-6-15(10-13(12)2)16(17-3)7-5-14-8-9-18-11-14/h4,6,8-11,16-17H,5,7H2,1-3H3. The highest BCUT2D eigenvalue weighted by molar-refractivity contribution is 7.07. The molecule has 1 N–H and O–H groups in total.